The SMILES string of the molecule is CCC1(CC)C[n+]2ccccc2-c2cc(Oc3cc(-c4ccc(N5c6ccccc6C6C=CC=CC65)cc4)cc(-c4ccc(-n5c6ccccc6c6ccccc65)cc4)c3)ccc21. The van der Waals surface area contributed by atoms with Gasteiger partial charge in [-0.25, -0.2) is 0 Å². The zero-order chi connectivity index (χ0) is 42.1. The number of fused-ring (bicyclic) bond motifs is 9. The highest BCUT2D eigenvalue weighted by molar-refractivity contribution is 6.09. The van der Waals surface area contributed by atoms with E-state index >= 15 is 0 Å². The Balaban J connectivity index is 0.946. The molecule has 3 aliphatic rings. The summed E-state index contributed by atoms with van der Waals surface area (Å²) < 4.78 is 11.8. The van der Waals surface area contributed by atoms with E-state index in [1.54, 1.807) is 0 Å². The van der Waals surface area contributed by atoms with Gasteiger partial charge in [0, 0.05) is 45.9 Å². The molecule has 7 aromatic carbocycles. The lowest BCUT2D eigenvalue weighted by Gasteiger charge is -2.34. The third-order valence-electron chi connectivity index (χ3n) is 14.2. The van der Waals surface area contributed by atoms with Gasteiger partial charge in [0.2, 0.25) is 5.69 Å². The molecular formula is C59H48N3O+. The number of para-hydroxylation sites is 3. The molecule has 1 aliphatic carbocycles. The summed E-state index contributed by atoms with van der Waals surface area (Å²) in [6, 6.07) is 64.6. The fourth-order valence-corrected chi connectivity index (χ4v) is 10.9. The Hall–Kier alpha value is -7.43. The zero-order valence-corrected chi connectivity index (χ0v) is 35.7. The van der Waals surface area contributed by atoms with Crippen molar-refractivity contribution in [3.63, 3.8) is 0 Å². The van der Waals surface area contributed by atoms with E-state index in [9.17, 15) is 0 Å². The van der Waals surface area contributed by atoms with E-state index in [1.165, 1.54) is 55.6 Å². The van der Waals surface area contributed by atoms with Crippen LogP contribution in [0, 0.1) is 0 Å². The van der Waals surface area contributed by atoms with Crippen LogP contribution in [0.15, 0.2) is 206 Å². The third kappa shape index (κ3) is 6.07. The molecule has 4 heterocycles. The second kappa shape index (κ2) is 14.9. The number of rotatable bonds is 8. The maximum absolute atomic E-state index is 6.97. The normalized spacial score (nSPS) is 16.8. The maximum Gasteiger partial charge on any atom is 0.212 e. The van der Waals surface area contributed by atoms with Gasteiger partial charge in [-0.15, -0.1) is 0 Å². The summed E-state index contributed by atoms with van der Waals surface area (Å²) in [5.41, 5.74) is 15.9. The first-order chi connectivity index (χ1) is 31.1. The number of ether oxygens (including phenoxy) is 1. The first-order valence-corrected chi connectivity index (χ1v) is 22.5. The molecule has 2 aliphatic heterocycles. The van der Waals surface area contributed by atoms with Gasteiger partial charge in [0.05, 0.1) is 28.1 Å². The molecule has 0 saturated carbocycles. The topological polar surface area (TPSA) is 21.3 Å². The second-order valence-electron chi connectivity index (χ2n) is 17.4. The van der Waals surface area contributed by atoms with Crippen LogP contribution in [0.25, 0.3) is 61.0 Å². The molecule has 0 amide bonds. The molecule has 0 bridgehead atoms. The number of allylic oxidation sites excluding steroid dienone is 2. The lowest BCUT2D eigenvalue weighted by molar-refractivity contribution is -0.697. The summed E-state index contributed by atoms with van der Waals surface area (Å²) in [7, 11) is 0. The number of hydrogen-bond acceptors (Lipinski definition) is 2. The highest BCUT2D eigenvalue weighted by atomic mass is 16.5. The van der Waals surface area contributed by atoms with Crippen molar-refractivity contribution in [1.82, 2.24) is 4.57 Å². The summed E-state index contributed by atoms with van der Waals surface area (Å²) in [5, 5.41) is 2.52. The highest BCUT2D eigenvalue weighted by Crippen LogP contribution is 2.48. The number of aromatic nitrogens is 2. The molecule has 2 atom stereocenters. The van der Waals surface area contributed by atoms with Gasteiger partial charge < -0.3 is 14.2 Å². The van der Waals surface area contributed by atoms with E-state index in [4.69, 9.17) is 4.74 Å². The monoisotopic (exact) mass is 814 g/mol. The highest BCUT2D eigenvalue weighted by Gasteiger charge is 2.41. The first kappa shape index (κ1) is 37.3. The Labute approximate surface area is 369 Å². The molecule has 0 N–H and O–H groups in total. The van der Waals surface area contributed by atoms with E-state index in [1.807, 2.05) is 0 Å². The summed E-state index contributed by atoms with van der Waals surface area (Å²) >= 11 is 0. The smallest absolute Gasteiger partial charge is 0.212 e. The molecule has 12 rings (SSSR count). The fraction of sp³-hybridized carbons (Fsp3) is 0.136. The minimum atomic E-state index is 0.0829. The van der Waals surface area contributed by atoms with Crippen LogP contribution in [0.2, 0.25) is 0 Å². The number of hydrogen-bond donors (Lipinski definition) is 0. The third-order valence-corrected chi connectivity index (χ3v) is 14.2. The summed E-state index contributed by atoms with van der Waals surface area (Å²) in [6.07, 6.45) is 13.4. The van der Waals surface area contributed by atoms with Gasteiger partial charge in [0.1, 0.15) is 11.5 Å². The van der Waals surface area contributed by atoms with E-state index in [0.717, 1.165) is 58.8 Å². The van der Waals surface area contributed by atoms with Crippen LogP contribution in [-0.2, 0) is 12.0 Å². The molecule has 304 valence electrons. The summed E-state index contributed by atoms with van der Waals surface area (Å²) in [4.78, 5) is 2.49. The van der Waals surface area contributed by atoms with Gasteiger partial charge in [-0.1, -0.05) is 123 Å². The molecule has 2 aromatic heterocycles. The minimum absolute atomic E-state index is 0.0829. The van der Waals surface area contributed by atoms with E-state index in [0.29, 0.717) is 5.92 Å². The van der Waals surface area contributed by atoms with Gasteiger partial charge >= 0.3 is 0 Å². The van der Waals surface area contributed by atoms with E-state index in [-0.39, 0.29) is 11.5 Å². The largest absolute Gasteiger partial charge is 0.457 e. The molecule has 4 nitrogen and oxygen atoms in total. The van der Waals surface area contributed by atoms with Crippen LogP contribution in [0.4, 0.5) is 11.4 Å². The minimum Gasteiger partial charge on any atom is -0.457 e. The summed E-state index contributed by atoms with van der Waals surface area (Å²) in [5.74, 6) is 1.99. The Kier molecular flexibility index (Phi) is 8.82. The molecule has 9 aromatic rings. The van der Waals surface area contributed by atoms with Crippen LogP contribution in [0.3, 0.4) is 0 Å². The Morgan fingerprint density at radius 2 is 1.21 bits per heavy atom. The standard InChI is InChI=1S/C59H48N3O/c1-3-59(4-2)39-60-34-14-13-19-54(60)52-38-46(32-33-53(52)59)63-47-36-42(40-24-28-44(29-25-40)61-55-20-9-5-15-48(55)49-16-6-10-21-56(49)61)35-43(37-47)41-26-30-45(31-27-41)62-57-22-11-7-17-50(57)51-18-8-12-23-58(51)62/h5-38,48,55H,3-4,39H2,1-2H3/q+1. The lowest BCUT2D eigenvalue weighted by Crippen LogP contribution is -2.50. The predicted molar refractivity (Wildman–Crippen MR) is 259 cm³/mol. The average Bonchev–Trinajstić information content (AvgIpc) is 3.87. The number of pyridine rings is 1. The Morgan fingerprint density at radius 1 is 0.571 bits per heavy atom. The van der Waals surface area contributed by atoms with E-state index in [2.05, 4.69) is 234 Å². The molecule has 0 fully saturated rings. The zero-order valence-electron chi connectivity index (χ0n) is 35.7. The van der Waals surface area contributed by atoms with Crippen molar-refractivity contribution in [2.24, 2.45) is 0 Å². The number of nitrogens with zero attached hydrogens (tertiary/aromatic N) is 3. The molecule has 63 heavy (non-hydrogen) atoms. The van der Waals surface area contributed by atoms with Crippen molar-refractivity contribution in [3.8, 4) is 50.7 Å². The van der Waals surface area contributed by atoms with Crippen molar-refractivity contribution in [2.75, 3.05) is 4.90 Å². The average molecular weight is 815 g/mol. The van der Waals surface area contributed by atoms with Gasteiger partial charge in [-0.2, -0.15) is 4.57 Å². The molecule has 0 spiro atoms. The van der Waals surface area contributed by atoms with Crippen LogP contribution in [0.5, 0.6) is 11.5 Å². The number of anilines is 2. The number of benzene rings is 7. The van der Waals surface area contributed by atoms with Crippen molar-refractivity contribution in [3.05, 3.63) is 218 Å². The Bertz CT molecular complexity index is 3220. The van der Waals surface area contributed by atoms with Crippen LogP contribution >= 0.6 is 0 Å². The van der Waals surface area contributed by atoms with Gasteiger partial charge in [0.25, 0.3) is 0 Å². The van der Waals surface area contributed by atoms with Crippen LogP contribution in [0.1, 0.15) is 43.7 Å². The molecule has 2 unspecified atom stereocenters. The van der Waals surface area contributed by atoms with Gasteiger partial charge in [-0.3, -0.25) is 0 Å². The second-order valence-corrected chi connectivity index (χ2v) is 17.4. The lowest BCUT2D eigenvalue weighted by atomic mass is 9.71. The molecule has 4 heteroatoms. The van der Waals surface area contributed by atoms with Gasteiger partial charge in [0.15, 0.2) is 12.7 Å². The van der Waals surface area contributed by atoms with Crippen LogP contribution < -0.4 is 14.2 Å². The van der Waals surface area contributed by atoms with E-state index < -0.39 is 0 Å². The van der Waals surface area contributed by atoms with Crippen molar-refractivity contribution < 1.29 is 9.30 Å². The van der Waals surface area contributed by atoms with Crippen molar-refractivity contribution in [2.45, 2.75) is 50.6 Å². The van der Waals surface area contributed by atoms with Gasteiger partial charge in [-0.05, 0) is 125 Å². The quantitative estimate of drug-likeness (QED) is 0.143. The van der Waals surface area contributed by atoms with Crippen molar-refractivity contribution >= 4 is 33.2 Å². The first-order valence-electron chi connectivity index (χ1n) is 22.5. The fourth-order valence-electron chi connectivity index (χ4n) is 10.9. The Morgan fingerprint density at radius 3 is 1.92 bits per heavy atom. The molecular weight excluding hydrogens is 767 g/mol. The molecule has 0 radical (unpaired) electrons. The van der Waals surface area contributed by atoms with Crippen LogP contribution in [-0.4, -0.2) is 10.6 Å². The summed E-state index contributed by atoms with van der Waals surface area (Å²) in [6.45, 7) is 5.64. The maximum atomic E-state index is 6.97. The van der Waals surface area contributed by atoms with Crippen molar-refractivity contribution in [1.29, 1.82) is 0 Å². The predicted octanol–water partition coefficient (Wildman–Crippen LogP) is 14.7. The molecule has 0 saturated heterocycles.